The van der Waals surface area contributed by atoms with Crippen LogP contribution in [0, 0.1) is 0 Å². The van der Waals surface area contributed by atoms with E-state index in [1.54, 1.807) is 18.5 Å². The predicted molar refractivity (Wildman–Crippen MR) is 66.7 cm³/mol. The molecule has 1 aromatic carbocycles. The molecule has 0 aliphatic heterocycles. The maximum absolute atomic E-state index is 6.02. The van der Waals surface area contributed by atoms with Crippen LogP contribution in [0.2, 0.25) is 0 Å². The molecule has 3 rings (SSSR count). The second-order valence-corrected chi connectivity index (χ2v) is 3.99. The SMILES string of the molecule is NC(Cc1nc2ccccc2o1)c1ncccn1. The van der Waals surface area contributed by atoms with Gasteiger partial charge in [0.25, 0.3) is 0 Å². The highest BCUT2D eigenvalue weighted by atomic mass is 16.3. The first-order valence-electron chi connectivity index (χ1n) is 5.70. The molecule has 0 spiro atoms. The van der Waals surface area contributed by atoms with E-state index in [1.807, 2.05) is 24.3 Å². The van der Waals surface area contributed by atoms with Crippen molar-refractivity contribution in [3.8, 4) is 0 Å². The van der Waals surface area contributed by atoms with E-state index in [-0.39, 0.29) is 6.04 Å². The van der Waals surface area contributed by atoms with Gasteiger partial charge in [-0.2, -0.15) is 0 Å². The van der Waals surface area contributed by atoms with E-state index in [0.29, 0.717) is 18.1 Å². The first kappa shape index (κ1) is 10.9. The van der Waals surface area contributed by atoms with Crippen molar-refractivity contribution in [1.82, 2.24) is 15.0 Å². The average molecular weight is 240 g/mol. The number of rotatable bonds is 3. The van der Waals surface area contributed by atoms with Gasteiger partial charge >= 0.3 is 0 Å². The number of hydrogen-bond acceptors (Lipinski definition) is 5. The summed E-state index contributed by atoms with van der Waals surface area (Å²) in [4.78, 5) is 12.6. The van der Waals surface area contributed by atoms with Crippen LogP contribution in [0.15, 0.2) is 47.1 Å². The van der Waals surface area contributed by atoms with Gasteiger partial charge in [0.2, 0.25) is 0 Å². The molecule has 1 unspecified atom stereocenters. The molecule has 5 heteroatoms. The lowest BCUT2D eigenvalue weighted by molar-refractivity contribution is 0.494. The molecule has 0 amide bonds. The zero-order valence-electron chi connectivity index (χ0n) is 9.65. The van der Waals surface area contributed by atoms with E-state index < -0.39 is 0 Å². The number of nitrogens with two attached hydrogens (primary N) is 1. The lowest BCUT2D eigenvalue weighted by Gasteiger charge is -2.06. The maximum atomic E-state index is 6.02. The van der Waals surface area contributed by atoms with Crippen LogP contribution in [0.4, 0.5) is 0 Å². The highest BCUT2D eigenvalue weighted by molar-refractivity contribution is 5.72. The summed E-state index contributed by atoms with van der Waals surface area (Å²) in [6.07, 6.45) is 3.83. The molecule has 5 nitrogen and oxygen atoms in total. The molecule has 2 aromatic heterocycles. The number of oxazole rings is 1. The Hall–Kier alpha value is -2.27. The quantitative estimate of drug-likeness (QED) is 0.756. The molecular weight excluding hydrogens is 228 g/mol. The highest BCUT2D eigenvalue weighted by Crippen LogP contribution is 2.18. The summed E-state index contributed by atoms with van der Waals surface area (Å²) in [6.45, 7) is 0. The fourth-order valence-electron chi connectivity index (χ4n) is 1.79. The molecule has 0 radical (unpaired) electrons. The summed E-state index contributed by atoms with van der Waals surface area (Å²) in [5, 5.41) is 0. The van der Waals surface area contributed by atoms with Crippen molar-refractivity contribution in [1.29, 1.82) is 0 Å². The Morgan fingerprint density at radius 3 is 2.67 bits per heavy atom. The first-order chi connectivity index (χ1) is 8.83. The minimum Gasteiger partial charge on any atom is -0.441 e. The van der Waals surface area contributed by atoms with E-state index in [4.69, 9.17) is 10.2 Å². The molecule has 1 atom stereocenters. The summed E-state index contributed by atoms with van der Waals surface area (Å²) in [6, 6.07) is 9.09. The molecule has 18 heavy (non-hydrogen) atoms. The molecule has 0 aliphatic rings. The summed E-state index contributed by atoms with van der Waals surface area (Å²) >= 11 is 0. The molecule has 0 saturated heterocycles. The van der Waals surface area contributed by atoms with Crippen LogP contribution < -0.4 is 5.73 Å². The van der Waals surface area contributed by atoms with Gasteiger partial charge in [0.15, 0.2) is 11.5 Å². The predicted octanol–water partition coefficient (Wildman–Crippen LogP) is 1.86. The maximum Gasteiger partial charge on any atom is 0.197 e. The largest absolute Gasteiger partial charge is 0.441 e. The molecule has 0 saturated carbocycles. The van der Waals surface area contributed by atoms with Crippen molar-refractivity contribution in [3.63, 3.8) is 0 Å². The van der Waals surface area contributed by atoms with Crippen molar-refractivity contribution in [2.24, 2.45) is 5.73 Å². The van der Waals surface area contributed by atoms with Gasteiger partial charge in [-0.15, -0.1) is 0 Å². The van der Waals surface area contributed by atoms with Crippen LogP contribution >= 0.6 is 0 Å². The minimum absolute atomic E-state index is 0.306. The van der Waals surface area contributed by atoms with Crippen molar-refractivity contribution in [2.45, 2.75) is 12.5 Å². The number of aromatic nitrogens is 3. The third-order valence-corrected chi connectivity index (χ3v) is 2.65. The van der Waals surface area contributed by atoms with Crippen LogP contribution in [0.25, 0.3) is 11.1 Å². The van der Waals surface area contributed by atoms with E-state index >= 15 is 0 Å². The van der Waals surface area contributed by atoms with Gasteiger partial charge in [-0.05, 0) is 18.2 Å². The Bertz CT molecular complexity index is 617. The van der Waals surface area contributed by atoms with Crippen LogP contribution in [0.1, 0.15) is 17.8 Å². The number of fused-ring (bicyclic) bond motifs is 1. The second-order valence-electron chi connectivity index (χ2n) is 3.99. The monoisotopic (exact) mass is 240 g/mol. The molecule has 0 fully saturated rings. The fourth-order valence-corrected chi connectivity index (χ4v) is 1.79. The fraction of sp³-hybridized carbons (Fsp3) is 0.154. The second kappa shape index (κ2) is 4.54. The lowest BCUT2D eigenvalue weighted by atomic mass is 10.2. The smallest absolute Gasteiger partial charge is 0.197 e. The summed E-state index contributed by atoms with van der Waals surface area (Å²) < 4.78 is 5.61. The molecule has 0 bridgehead atoms. The summed E-state index contributed by atoms with van der Waals surface area (Å²) in [5.41, 5.74) is 7.64. The van der Waals surface area contributed by atoms with Gasteiger partial charge < -0.3 is 10.2 Å². The Kier molecular flexibility index (Phi) is 2.74. The lowest BCUT2D eigenvalue weighted by Crippen LogP contribution is -2.16. The van der Waals surface area contributed by atoms with Gasteiger partial charge in [-0.25, -0.2) is 15.0 Å². The zero-order valence-corrected chi connectivity index (χ0v) is 9.65. The number of benzene rings is 1. The Labute approximate surface area is 104 Å². The minimum atomic E-state index is -0.306. The summed E-state index contributed by atoms with van der Waals surface area (Å²) in [5.74, 6) is 1.20. The van der Waals surface area contributed by atoms with Crippen LogP contribution in [-0.2, 0) is 6.42 Å². The van der Waals surface area contributed by atoms with Crippen LogP contribution in [-0.4, -0.2) is 15.0 Å². The standard InChI is InChI=1S/C13H12N4O/c14-9(13-15-6-3-7-16-13)8-12-17-10-4-1-2-5-11(10)18-12/h1-7,9H,8,14H2. The number of para-hydroxylation sites is 2. The zero-order chi connectivity index (χ0) is 12.4. The van der Waals surface area contributed by atoms with Gasteiger partial charge in [0.1, 0.15) is 11.3 Å². The van der Waals surface area contributed by atoms with E-state index in [1.165, 1.54) is 0 Å². The first-order valence-corrected chi connectivity index (χ1v) is 5.70. The molecule has 2 heterocycles. The Morgan fingerprint density at radius 1 is 1.11 bits per heavy atom. The van der Waals surface area contributed by atoms with Gasteiger partial charge in [-0.3, -0.25) is 0 Å². The number of nitrogens with zero attached hydrogens (tertiary/aromatic N) is 3. The van der Waals surface area contributed by atoms with E-state index in [9.17, 15) is 0 Å². The average Bonchev–Trinajstić information content (AvgIpc) is 2.82. The molecule has 90 valence electrons. The van der Waals surface area contributed by atoms with Crippen LogP contribution in [0.3, 0.4) is 0 Å². The Morgan fingerprint density at radius 2 is 1.89 bits per heavy atom. The van der Waals surface area contributed by atoms with E-state index in [2.05, 4.69) is 15.0 Å². The third-order valence-electron chi connectivity index (χ3n) is 2.65. The molecular formula is C13H12N4O. The molecule has 3 aromatic rings. The van der Waals surface area contributed by atoms with Crippen molar-refractivity contribution >= 4 is 11.1 Å². The van der Waals surface area contributed by atoms with Gasteiger partial charge in [0.05, 0.1) is 6.04 Å². The summed E-state index contributed by atoms with van der Waals surface area (Å²) in [7, 11) is 0. The third kappa shape index (κ3) is 2.08. The van der Waals surface area contributed by atoms with Gasteiger partial charge in [0, 0.05) is 18.8 Å². The normalized spacial score (nSPS) is 12.7. The van der Waals surface area contributed by atoms with Crippen molar-refractivity contribution < 1.29 is 4.42 Å². The van der Waals surface area contributed by atoms with Crippen molar-refractivity contribution in [3.05, 3.63) is 54.4 Å². The van der Waals surface area contributed by atoms with Crippen molar-refractivity contribution in [2.75, 3.05) is 0 Å². The van der Waals surface area contributed by atoms with Gasteiger partial charge in [-0.1, -0.05) is 12.1 Å². The molecule has 2 N–H and O–H groups in total. The Balaban J connectivity index is 1.84. The topological polar surface area (TPSA) is 77.8 Å². The highest BCUT2D eigenvalue weighted by Gasteiger charge is 2.13. The molecule has 0 aliphatic carbocycles. The van der Waals surface area contributed by atoms with E-state index in [0.717, 1.165) is 11.1 Å². The van der Waals surface area contributed by atoms with Crippen LogP contribution in [0.5, 0.6) is 0 Å². The number of hydrogen-bond donors (Lipinski definition) is 1.